The average Bonchev–Trinajstić information content (AvgIpc) is 3.28. The first kappa shape index (κ1) is 31.1. The quantitative estimate of drug-likeness (QED) is 0.193. The highest BCUT2D eigenvalue weighted by atomic mass is 16.6. The van der Waals surface area contributed by atoms with Crippen LogP contribution in [0.2, 0.25) is 0 Å². The highest BCUT2D eigenvalue weighted by Crippen LogP contribution is 2.35. The van der Waals surface area contributed by atoms with Crippen LogP contribution < -0.4 is 5.32 Å². The average molecular weight is 516 g/mol. The Bertz CT molecular complexity index is 761. The molecule has 206 valence electrons. The Morgan fingerprint density at radius 1 is 0.972 bits per heavy atom. The molecule has 2 atom stereocenters. The van der Waals surface area contributed by atoms with Crippen LogP contribution in [0.4, 0.5) is 4.79 Å². The number of nitrogens with one attached hydrogen (secondary N) is 1. The number of carboxylic acid groups (broad SMARTS) is 2. The fraction of sp³-hybridized carbons (Fsp3) is 0.792. The molecule has 0 aromatic rings. The number of aliphatic carboxylic acids is 2. The summed E-state index contributed by atoms with van der Waals surface area (Å²) in [5, 5.41) is 22.1. The lowest BCUT2D eigenvalue weighted by atomic mass is 10.0. The Hall–Kier alpha value is -2.89. The summed E-state index contributed by atoms with van der Waals surface area (Å²) in [7, 11) is 0. The Kier molecular flexibility index (Phi) is 13.8. The van der Waals surface area contributed by atoms with Crippen LogP contribution in [0.3, 0.4) is 0 Å². The van der Waals surface area contributed by atoms with Crippen molar-refractivity contribution in [2.24, 2.45) is 0 Å². The molecule has 0 radical (unpaired) electrons. The van der Waals surface area contributed by atoms with Gasteiger partial charge in [0.15, 0.2) is 0 Å². The second-order valence-electron chi connectivity index (χ2n) is 8.81. The molecule has 0 aromatic heterocycles. The maximum absolute atomic E-state index is 13.6. The molecular formula is C24H41N3O9. The number of hydrogen-bond acceptors (Lipinski definition) is 8. The predicted octanol–water partition coefficient (Wildman–Crippen LogP) is 2.20. The van der Waals surface area contributed by atoms with Gasteiger partial charge in [0.25, 0.3) is 0 Å². The zero-order valence-corrected chi connectivity index (χ0v) is 21.6. The van der Waals surface area contributed by atoms with Crippen LogP contribution in [0, 0.1) is 0 Å². The maximum Gasteiger partial charge on any atom is 0.412 e. The number of carboxylic acids is 2. The zero-order chi connectivity index (χ0) is 27.1. The molecule has 2 amide bonds. The van der Waals surface area contributed by atoms with Gasteiger partial charge in [-0.3, -0.25) is 24.6 Å². The van der Waals surface area contributed by atoms with E-state index < -0.39 is 54.7 Å². The second-order valence-corrected chi connectivity index (χ2v) is 8.81. The summed E-state index contributed by atoms with van der Waals surface area (Å²) in [5.41, 5.74) is -2.17. The molecule has 12 heteroatoms. The number of rotatable bonds is 17. The summed E-state index contributed by atoms with van der Waals surface area (Å²) in [4.78, 5) is 64.9. The molecule has 3 N–H and O–H groups in total. The van der Waals surface area contributed by atoms with E-state index in [-0.39, 0.29) is 39.0 Å². The molecule has 1 aliphatic rings. The summed E-state index contributed by atoms with van der Waals surface area (Å²) in [5.74, 6) is -4.08. The van der Waals surface area contributed by atoms with Crippen molar-refractivity contribution in [3.05, 3.63) is 0 Å². The third-order valence-corrected chi connectivity index (χ3v) is 6.04. The first-order chi connectivity index (χ1) is 17.1. The third kappa shape index (κ3) is 8.65. The van der Waals surface area contributed by atoms with E-state index in [9.17, 15) is 29.1 Å². The summed E-state index contributed by atoms with van der Waals surface area (Å²) in [6.45, 7) is 4.70. The monoisotopic (exact) mass is 515 g/mol. The van der Waals surface area contributed by atoms with E-state index >= 15 is 0 Å². The van der Waals surface area contributed by atoms with Crippen LogP contribution in [0.15, 0.2) is 0 Å². The Morgan fingerprint density at radius 2 is 1.58 bits per heavy atom. The molecule has 1 heterocycles. The van der Waals surface area contributed by atoms with Crippen molar-refractivity contribution < 1.29 is 43.7 Å². The standard InChI is InChI=1S/C24H41N3O9/c1-4-7-11-18(25-16-19(28)29)21(31)26-13-10-12-24(26,22(32)33)27(23(34)36-15-9-6-3)17-20(30)35-14-8-5-2/h18,25H,4-17H2,1-3H3,(H,28,29)(H,32,33)/t18-,24-/m1/s1. The number of hydrogen-bond donors (Lipinski definition) is 3. The number of ether oxygens (including phenoxy) is 2. The van der Waals surface area contributed by atoms with E-state index in [4.69, 9.17) is 14.6 Å². The van der Waals surface area contributed by atoms with Gasteiger partial charge in [-0.25, -0.2) is 9.59 Å². The van der Waals surface area contributed by atoms with Gasteiger partial charge in [-0.05, 0) is 25.7 Å². The lowest BCUT2D eigenvalue weighted by Gasteiger charge is -2.43. The number of nitrogens with zero attached hydrogens (tertiary/aromatic N) is 2. The van der Waals surface area contributed by atoms with Gasteiger partial charge in [0.2, 0.25) is 11.6 Å². The molecule has 36 heavy (non-hydrogen) atoms. The minimum Gasteiger partial charge on any atom is -0.480 e. The molecule has 0 saturated carbocycles. The van der Waals surface area contributed by atoms with Crippen LogP contribution in [-0.2, 0) is 28.7 Å². The molecule has 1 rings (SSSR count). The first-order valence-corrected chi connectivity index (χ1v) is 12.8. The molecule has 0 unspecified atom stereocenters. The fourth-order valence-corrected chi connectivity index (χ4v) is 4.07. The largest absolute Gasteiger partial charge is 0.480 e. The van der Waals surface area contributed by atoms with Gasteiger partial charge in [0.1, 0.15) is 6.54 Å². The fourth-order valence-electron chi connectivity index (χ4n) is 4.07. The van der Waals surface area contributed by atoms with E-state index in [0.717, 1.165) is 29.1 Å². The van der Waals surface area contributed by atoms with Gasteiger partial charge >= 0.3 is 24.0 Å². The van der Waals surface area contributed by atoms with Gasteiger partial charge in [-0.1, -0.05) is 46.5 Å². The first-order valence-electron chi connectivity index (χ1n) is 12.8. The number of likely N-dealkylation sites (tertiary alicyclic amines) is 1. The molecule has 0 bridgehead atoms. The molecule has 12 nitrogen and oxygen atoms in total. The molecule has 1 saturated heterocycles. The minimum atomic E-state index is -2.17. The summed E-state index contributed by atoms with van der Waals surface area (Å²) in [6.07, 6.45) is 3.41. The van der Waals surface area contributed by atoms with E-state index in [1.807, 2.05) is 20.8 Å². The normalized spacial score (nSPS) is 17.9. The van der Waals surface area contributed by atoms with Crippen molar-refractivity contribution in [2.45, 2.75) is 90.3 Å². The van der Waals surface area contributed by atoms with Crippen molar-refractivity contribution in [3.8, 4) is 0 Å². The van der Waals surface area contributed by atoms with Gasteiger partial charge in [0, 0.05) is 13.0 Å². The lowest BCUT2D eigenvalue weighted by molar-refractivity contribution is -0.172. The Labute approximate surface area is 212 Å². The van der Waals surface area contributed by atoms with E-state index in [0.29, 0.717) is 19.3 Å². The Balaban J connectivity index is 3.36. The highest BCUT2D eigenvalue weighted by Gasteiger charge is 2.58. The van der Waals surface area contributed by atoms with Gasteiger partial charge < -0.3 is 24.6 Å². The van der Waals surface area contributed by atoms with Gasteiger partial charge in [-0.15, -0.1) is 0 Å². The molecule has 1 fully saturated rings. The summed E-state index contributed by atoms with van der Waals surface area (Å²) in [6, 6.07) is -0.965. The zero-order valence-electron chi connectivity index (χ0n) is 21.6. The summed E-state index contributed by atoms with van der Waals surface area (Å²) < 4.78 is 10.4. The third-order valence-electron chi connectivity index (χ3n) is 6.04. The molecule has 0 aliphatic carbocycles. The summed E-state index contributed by atoms with van der Waals surface area (Å²) >= 11 is 0. The number of unbranched alkanes of at least 4 members (excludes halogenated alkanes) is 3. The molecule has 1 aliphatic heterocycles. The van der Waals surface area contributed by atoms with E-state index in [1.54, 1.807) is 0 Å². The molecule has 0 aromatic carbocycles. The number of carbonyl (C=O) groups excluding carboxylic acids is 3. The topological polar surface area (TPSA) is 163 Å². The van der Waals surface area contributed by atoms with Crippen molar-refractivity contribution >= 4 is 29.9 Å². The van der Waals surface area contributed by atoms with E-state index in [2.05, 4.69) is 5.32 Å². The van der Waals surface area contributed by atoms with Crippen LogP contribution in [0.5, 0.6) is 0 Å². The van der Waals surface area contributed by atoms with Crippen LogP contribution in [0.25, 0.3) is 0 Å². The van der Waals surface area contributed by atoms with Gasteiger partial charge in [0.05, 0.1) is 25.8 Å². The van der Waals surface area contributed by atoms with Crippen molar-refractivity contribution in [1.29, 1.82) is 0 Å². The second kappa shape index (κ2) is 16.0. The highest BCUT2D eigenvalue weighted by molar-refractivity contribution is 5.93. The Morgan fingerprint density at radius 3 is 2.14 bits per heavy atom. The van der Waals surface area contributed by atoms with Crippen LogP contribution in [-0.4, -0.2) is 94.5 Å². The van der Waals surface area contributed by atoms with Crippen molar-refractivity contribution in [3.63, 3.8) is 0 Å². The number of carbonyl (C=O) groups is 5. The molecular weight excluding hydrogens is 474 g/mol. The molecule has 0 spiro atoms. The van der Waals surface area contributed by atoms with Crippen molar-refractivity contribution in [1.82, 2.24) is 15.1 Å². The van der Waals surface area contributed by atoms with Crippen LogP contribution in [0.1, 0.15) is 78.6 Å². The predicted molar refractivity (Wildman–Crippen MR) is 129 cm³/mol. The maximum atomic E-state index is 13.6. The van der Waals surface area contributed by atoms with Crippen molar-refractivity contribution in [2.75, 3.05) is 32.8 Å². The minimum absolute atomic E-state index is 0.0200. The van der Waals surface area contributed by atoms with E-state index in [1.165, 1.54) is 0 Å². The van der Waals surface area contributed by atoms with Crippen LogP contribution >= 0.6 is 0 Å². The number of amides is 2. The van der Waals surface area contributed by atoms with Gasteiger partial charge in [-0.2, -0.15) is 0 Å². The number of esters is 1. The SMILES string of the molecule is CCCCOC(=O)CN(C(=O)OCCCC)[C@@]1(C(=O)O)CCCN1C(=O)[C@@H](CCCC)NCC(=O)O. The lowest BCUT2D eigenvalue weighted by Crippen LogP contribution is -2.68. The smallest absolute Gasteiger partial charge is 0.412 e.